The van der Waals surface area contributed by atoms with Crippen LogP contribution in [0, 0.1) is 5.92 Å². The second-order valence-corrected chi connectivity index (χ2v) is 3.29. The standard InChI is InChI=1S/C9H15FO/c1-6(2)8-4-5-11-7(3)9(8)10/h6-7H,4-5H2,1-3H3/t7-/m1/s1. The van der Waals surface area contributed by atoms with Gasteiger partial charge in [0.25, 0.3) is 0 Å². The van der Waals surface area contributed by atoms with Crippen molar-refractivity contribution >= 4 is 0 Å². The minimum Gasteiger partial charge on any atom is -0.371 e. The molecule has 64 valence electrons. The molecule has 0 radical (unpaired) electrons. The van der Waals surface area contributed by atoms with Crippen molar-refractivity contribution in [2.45, 2.75) is 33.3 Å². The van der Waals surface area contributed by atoms with Gasteiger partial charge in [-0.2, -0.15) is 0 Å². The van der Waals surface area contributed by atoms with E-state index in [0.29, 0.717) is 12.5 Å². The summed E-state index contributed by atoms with van der Waals surface area (Å²) in [5, 5.41) is 0. The zero-order valence-electron chi connectivity index (χ0n) is 7.36. The third-order valence-electron chi connectivity index (χ3n) is 2.10. The summed E-state index contributed by atoms with van der Waals surface area (Å²) in [4.78, 5) is 0. The molecule has 1 rings (SSSR count). The zero-order chi connectivity index (χ0) is 8.43. The molecule has 2 heteroatoms. The van der Waals surface area contributed by atoms with Crippen molar-refractivity contribution in [1.29, 1.82) is 0 Å². The molecule has 1 nitrogen and oxygen atoms in total. The Morgan fingerprint density at radius 2 is 2.18 bits per heavy atom. The van der Waals surface area contributed by atoms with Crippen LogP contribution in [-0.4, -0.2) is 12.7 Å². The number of halogens is 1. The van der Waals surface area contributed by atoms with E-state index in [1.54, 1.807) is 6.92 Å². The Morgan fingerprint density at radius 1 is 1.55 bits per heavy atom. The molecule has 0 aromatic carbocycles. The van der Waals surface area contributed by atoms with E-state index in [2.05, 4.69) is 0 Å². The van der Waals surface area contributed by atoms with Crippen molar-refractivity contribution in [3.05, 3.63) is 11.4 Å². The summed E-state index contributed by atoms with van der Waals surface area (Å²) in [7, 11) is 0. The molecule has 0 aromatic heterocycles. The van der Waals surface area contributed by atoms with E-state index in [-0.39, 0.29) is 11.9 Å². The first-order valence-corrected chi connectivity index (χ1v) is 4.13. The lowest BCUT2D eigenvalue weighted by Gasteiger charge is -2.23. The van der Waals surface area contributed by atoms with Crippen LogP contribution in [0.4, 0.5) is 4.39 Å². The molecular weight excluding hydrogens is 143 g/mol. The third kappa shape index (κ3) is 1.80. The first kappa shape index (κ1) is 8.72. The van der Waals surface area contributed by atoms with E-state index in [1.165, 1.54) is 0 Å². The Hall–Kier alpha value is -0.370. The predicted molar refractivity (Wildman–Crippen MR) is 43.0 cm³/mol. The van der Waals surface area contributed by atoms with Crippen LogP contribution in [0.3, 0.4) is 0 Å². The Kier molecular flexibility index (Phi) is 2.66. The number of hydrogen-bond acceptors (Lipinski definition) is 1. The monoisotopic (exact) mass is 158 g/mol. The highest BCUT2D eigenvalue weighted by molar-refractivity contribution is 5.15. The summed E-state index contributed by atoms with van der Waals surface area (Å²) in [6, 6.07) is 0. The second-order valence-electron chi connectivity index (χ2n) is 3.29. The Balaban J connectivity index is 2.80. The fourth-order valence-corrected chi connectivity index (χ4v) is 1.36. The van der Waals surface area contributed by atoms with E-state index in [1.807, 2.05) is 13.8 Å². The van der Waals surface area contributed by atoms with Crippen LogP contribution in [0.25, 0.3) is 0 Å². The molecule has 0 saturated heterocycles. The number of hydrogen-bond donors (Lipinski definition) is 0. The van der Waals surface area contributed by atoms with E-state index in [0.717, 1.165) is 12.0 Å². The molecule has 1 heterocycles. The van der Waals surface area contributed by atoms with Gasteiger partial charge in [0.15, 0.2) is 0 Å². The van der Waals surface area contributed by atoms with E-state index >= 15 is 0 Å². The summed E-state index contributed by atoms with van der Waals surface area (Å²) in [6.07, 6.45) is 0.439. The highest BCUT2D eigenvalue weighted by atomic mass is 19.1. The van der Waals surface area contributed by atoms with E-state index < -0.39 is 0 Å². The number of ether oxygens (including phenoxy) is 1. The minimum atomic E-state index is -0.318. The second kappa shape index (κ2) is 3.35. The lowest BCUT2D eigenvalue weighted by atomic mass is 9.96. The summed E-state index contributed by atoms with van der Waals surface area (Å²) in [5.74, 6) is 0.271. The lowest BCUT2D eigenvalue weighted by Crippen LogP contribution is -2.20. The molecule has 0 saturated carbocycles. The van der Waals surface area contributed by atoms with Gasteiger partial charge < -0.3 is 4.74 Å². The van der Waals surface area contributed by atoms with Crippen LogP contribution in [0.5, 0.6) is 0 Å². The summed E-state index contributed by atoms with van der Waals surface area (Å²) in [6.45, 7) is 6.47. The van der Waals surface area contributed by atoms with Gasteiger partial charge in [0.2, 0.25) is 0 Å². The van der Waals surface area contributed by atoms with Gasteiger partial charge in [-0.1, -0.05) is 13.8 Å². The molecule has 0 aliphatic carbocycles. The smallest absolute Gasteiger partial charge is 0.128 e. The van der Waals surface area contributed by atoms with Crippen LogP contribution in [0.2, 0.25) is 0 Å². The summed E-state index contributed by atoms with van der Waals surface area (Å²) < 4.78 is 18.4. The highest BCUT2D eigenvalue weighted by Crippen LogP contribution is 2.27. The topological polar surface area (TPSA) is 9.23 Å². The van der Waals surface area contributed by atoms with Gasteiger partial charge >= 0.3 is 0 Å². The lowest BCUT2D eigenvalue weighted by molar-refractivity contribution is 0.0593. The van der Waals surface area contributed by atoms with Gasteiger partial charge in [-0.25, -0.2) is 4.39 Å². The molecule has 0 fully saturated rings. The molecule has 1 aliphatic heterocycles. The summed E-state index contributed by atoms with van der Waals surface area (Å²) >= 11 is 0. The largest absolute Gasteiger partial charge is 0.371 e. The Labute approximate surface area is 67.2 Å². The molecule has 1 atom stereocenters. The predicted octanol–water partition coefficient (Wildman–Crippen LogP) is 2.67. The average Bonchev–Trinajstić information content (AvgIpc) is 1.94. The highest BCUT2D eigenvalue weighted by Gasteiger charge is 2.21. The first-order chi connectivity index (χ1) is 5.13. The third-order valence-corrected chi connectivity index (χ3v) is 2.10. The molecular formula is C9H15FO. The van der Waals surface area contributed by atoms with Crippen LogP contribution in [-0.2, 0) is 4.74 Å². The molecule has 1 aliphatic rings. The SMILES string of the molecule is CC(C)C1=C(F)[C@@H](C)OCC1. The molecule has 0 unspecified atom stereocenters. The van der Waals surface area contributed by atoms with Crippen LogP contribution in [0.1, 0.15) is 27.2 Å². The van der Waals surface area contributed by atoms with Gasteiger partial charge in [0, 0.05) is 0 Å². The van der Waals surface area contributed by atoms with E-state index in [4.69, 9.17) is 4.74 Å². The molecule has 0 N–H and O–H groups in total. The van der Waals surface area contributed by atoms with Crippen molar-refractivity contribution in [3.63, 3.8) is 0 Å². The summed E-state index contributed by atoms with van der Waals surface area (Å²) in [5.41, 5.74) is 0.934. The van der Waals surface area contributed by atoms with Gasteiger partial charge in [-0.3, -0.25) is 0 Å². The van der Waals surface area contributed by atoms with Crippen molar-refractivity contribution in [3.8, 4) is 0 Å². The first-order valence-electron chi connectivity index (χ1n) is 4.13. The maximum atomic E-state index is 13.2. The van der Waals surface area contributed by atoms with Gasteiger partial charge in [0.1, 0.15) is 11.9 Å². The zero-order valence-corrected chi connectivity index (χ0v) is 7.36. The molecule has 11 heavy (non-hydrogen) atoms. The van der Waals surface area contributed by atoms with E-state index in [9.17, 15) is 4.39 Å². The maximum Gasteiger partial charge on any atom is 0.128 e. The van der Waals surface area contributed by atoms with Gasteiger partial charge in [-0.15, -0.1) is 0 Å². The quantitative estimate of drug-likeness (QED) is 0.570. The molecule has 0 amide bonds. The Bertz CT molecular complexity index is 172. The molecule has 0 bridgehead atoms. The van der Waals surface area contributed by atoms with Crippen molar-refractivity contribution in [1.82, 2.24) is 0 Å². The van der Waals surface area contributed by atoms with Crippen LogP contribution >= 0.6 is 0 Å². The van der Waals surface area contributed by atoms with Crippen molar-refractivity contribution in [2.24, 2.45) is 5.92 Å². The Morgan fingerprint density at radius 3 is 2.64 bits per heavy atom. The molecule has 0 spiro atoms. The van der Waals surface area contributed by atoms with Crippen molar-refractivity contribution in [2.75, 3.05) is 6.61 Å². The maximum absolute atomic E-state index is 13.2. The fraction of sp³-hybridized carbons (Fsp3) is 0.778. The van der Waals surface area contributed by atoms with Crippen molar-refractivity contribution < 1.29 is 9.13 Å². The fourth-order valence-electron chi connectivity index (χ4n) is 1.36. The normalized spacial score (nSPS) is 26.5. The van der Waals surface area contributed by atoms with Crippen LogP contribution in [0.15, 0.2) is 11.4 Å². The number of rotatable bonds is 1. The van der Waals surface area contributed by atoms with Crippen LogP contribution < -0.4 is 0 Å². The minimum absolute atomic E-state index is 0.0498. The van der Waals surface area contributed by atoms with Gasteiger partial charge in [0.05, 0.1) is 6.61 Å². The van der Waals surface area contributed by atoms with Gasteiger partial charge in [-0.05, 0) is 24.8 Å². The average molecular weight is 158 g/mol. The molecule has 0 aromatic rings.